The maximum absolute atomic E-state index is 13.6. The number of aromatic nitrogens is 1. The Hall–Kier alpha value is -3.25. The lowest BCUT2D eigenvalue weighted by atomic mass is 10.0. The Morgan fingerprint density at radius 3 is 2.54 bits per heavy atom. The standard InChI is InChI=1S/C23H24F3N5O3S/c1-11-16(20(33)28-12-5-6-14(24)13(10-12)19(25)26)15-4-3-9-31(15)17(11)18(32)21(34)29-23(7-8-23)22(35)30-27-2/h5-6,10,19,27H,3-4,7-9H2,1-2H3,(H,28,33)(H,29,34)(H,30,35). The minimum Gasteiger partial charge on any atom is -0.341 e. The van der Waals surface area contributed by atoms with Crippen LogP contribution in [0.15, 0.2) is 18.2 Å². The second-order valence-electron chi connectivity index (χ2n) is 8.61. The molecule has 1 aliphatic carbocycles. The molecule has 1 aromatic heterocycles. The fourth-order valence-corrected chi connectivity index (χ4v) is 4.80. The molecule has 0 bridgehead atoms. The molecule has 35 heavy (non-hydrogen) atoms. The van der Waals surface area contributed by atoms with Crippen molar-refractivity contribution < 1.29 is 27.6 Å². The summed E-state index contributed by atoms with van der Waals surface area (Å²) < 4.78 is 41.4. The van der Waals surface area contributed by atoms with E-state index in [0.717, 1.165) is 12.1 Å². The van der Waals surface area contributed by atoms with Crippen LogP contribution in [0.25, 0.3) is 0 Å². The van der Waals surface area contributed by atoms with Crippen molar-refractivity contribution in [3.05, 3.63) is 52.1 Å². The molecule has 1 aliphatic heterocycles. The number of hydrogen-bond acceptors (Lipinski definition) is 5. The largest absolute Gasteiger partial charge is 0.341 e. The van der Waals surface area contributed by atoms with E-state index >= 15 is 0 Å². The number of fused-ring (bicyclic) bond motifs is 1. The zero-order valence-corrected chi connectivity index (χ0v) is 19.9. The summed E-state index contributed by atoms with van der Waals surface area (Å²) in [6.07, 6.45) is -0.678. The van der Waals surface area contributed by atoms with Crippen molar-refractivity contribution in [1.29, 1.82) is 0 Å². The molecular weight excluding hydrogens is 483 g/mol. The molecule has 0 radical (unpaired) electrons. The number of hydrogen-bond donors (Lipinski definition) is 4. The van der Waals surface area contributed by atoms with E-state index in [1.54, 1.807) is 18.5 Å². The van der Waals surface area contributed by atoms with Gasteiger partial charge >= 0.3 is 0 Å². The predicted octanol–water partition coefficient (Wildman–Crippen LogP) is 2.95. The fraction of sp³-hybridized carbons (Fsp3) is 0.391. The minimum atomic E-state index is -3.04. The summed E-state index contributed by atoms with van der Waals surface area (Å²) in [7, 11) is 1.63. The topological polar surface area (TPSA) is 104 Å². The van der Waals surface area contributed by atoms with Crippen LogP contribution in [0.2, 0.25) is 0 Å². The van der Waals surface area contributed by atoms with Crippen LogP contribution in [0.5, 0.6) is 0 Å². The summed E-state index contributed by atoms with van der Waals surface area (Å²) in [5.74, 6) is -3.32. The monoisotopic (exact) mass is 507 g/mol. The molecule has 12 heteroatoms. The van der Waals surface area contributed by atoms with E-state index in [0.29, 0.717) is 48.5 Å². The second-order valence-corrected chi connectivity index (χ2v) is 9.02. The average molecular weight is 508 g/mol. The van der Waals surface area contributed by atoms with Gasteiger partial charge in [-0.15, -0.1) is 0 Å². The molecule has 2 aromatic rings. The molecule has 8 nitrogen and oxygen atoms in total. The summed E-state index contributed by atoms with van der Waals surface area (Å²) in [4.78, 5) is 39.6. The number of halogens is 3. The smallest absolute Gasteiger partial charge is 0.294 e. The van der Waals surface area contributed by atoms with Gasteiger partial charge in [0.1, 0.15) is 10.8 Å². The van der Waals surface area contributed by atoms with E-state index in [1.807, 2.05) is 0 Å². The zero-order chi connectivity index (χ0) is 25.5. The van der Waals surface area contributed by atoms with Crippen LogP contribution in [0.3, 0.4) is 0 Å². The summed E-state index contributed by atoms with van der Waals surface area (Å²) in [6, 6.07) is 2.91. The lowest BCUT2D eigenvalue weighted by Crippen LogP contribution is -2.52. The van der Waals surface area contributed by atoms with Crippen molar-refractivity contribution in [3.8, 4) is 0 Å². The summed E-state index contributed by atoms with van der Waals surface area (Å²) in [5.41, 5.74) is 5.06. The Balaban J connectivity index is 1.60. The number of Topliss-reactive ketones (excluding diaryl/α,β-unsaturated/α-hetero) is 1. The number of nitrogens with zero attached hydrogens (tertiary/aromatic N) is 1. The van der Waals surface area contributed by atoms with Crippen molar-refractivity contribution >= 4 is 40.5 Å². The maximum Gasteiger partial charge on any atom is 0.294 e. The third kappa shape index (κ3) is 4.55. The fourth-order valence-electron chi connectivity index (χ4n) is 4.44. The Morgan fingerprint density at radius 2 is 1.91 bits per heavy atom. The number of thiocarbonyl (C=S) groups is 1. The number of ketones is 1. The van der Waals surface area contributed by atoms with E-state index in [4.69, 9.17) is 12.2 Å². The Bertz CT molecular complexity index is 1240. The number of rotatable bonds is 8. The van der Waals surface area contributed by atoms with Gasteiger partial charge in [0.2, 0.25) is 0 Å². The van der Waals surface area contributed by atoms with E-state index in [2.05, 4.69) is 21.5 Å². The number of benzene rings is 1. The van der Waals surface area contributed by atoms with Crippen LogP contribution in [0.4, 0.5) is 18.9 Å². The van der Waals surface area contributed by atoms with Gasteiger partial charge < -0.3 is 20.6 Å². The van der Waals surface area contributed by atoms with Crippen LogP contribution in [-0.2, 0) is 17.8 Å². The summed E-state index contributed by atoms with van der Waals surface area (Å²) >= 11 is 5.28. The van der Waals surface area contributed by atoms with Crippen LogP contribution < -0.4 is 21.5 Å². The van der Waals surface area contributed by atoms with Gasteiger partial charge in [0, 0.05) is 25.0 Å². The highest BCUT2D eigenvalue weighted by Crippen LogP contribution is 2.37. The molecule has 0 atom stereocenters. The zero-order valence-electron chi connectivity index (χ0n) is 19.1. The lowest BCUT2D eigenvalue weighted by molar-refractivity contribution is -0.117. The van der Waals surface area contributed by atoms with Gasteiger partial charge in [0.25, 0.3) is 24.0 Å². The number of amides is 2. The molecule has 0 saturated heterocycles. The van der Waals surface area contributed by atoms with Crippen molar-refractivity contribution in [2.75, 3.05) is 12.4 Å². The van der Waals surface area contributed by atoms with Crippen LogP contribution in [-0.4, -0.2) is 39.7 Å². The molecule has 4 N–H and O–H groups in total. The van der Waals surface area contributed by atoms with Crippen molar-refractivity contribution in [2.45, 2.75) is 51.1 Å². The molecule has 0 unspecified atom stereocenters. The number of hydrazine groups is 1. The predicted molar refractivity (Wildman–Crippen MR) is 126 cm³/mol. The highest BCUT2D eigenvalue weighted by molar-refractivity contribution is 7.80. The number of carbonyl (C=O) groups excluding carboxylic acids is 3. The maximum atomic E-state index is 13.6. The first-order valence-electron chi connectivity index (χ1n) is 11.0. The Morgan fingerprint density at radius 1 is 1.20 bits per heavy atom. The first kappa shape index (κ1) is 24.9. The van der Waals surface area contributed by atoms with Gasteiger partial charge in [-0.25, -0.2) is 18.6 Å². The Labute approximate surface area is 204 Å². The summed E-state index contributed by atoms with van der Waals surface area (Å²) in [5, 5.41) is 5.23. The van der Waals surface area contributed by atoms with Crippen molar-refractivity contribution in [1.82, 2.24) is 20.7 Å². The van der Waals surface area contributed by atoms with Gasteiger partial charge in [-0.05, 0) is 56.4 Å². The normalized spacial score (nSPS) is 15.5. The van der Waals surface area contributed by atoms with E-state index in [1.165, 1.54) is 6.07 Å². The SMILES string of the molecule is CNNC(=S)C1(NC(=O)C(=O)c2c(C)c(C(=O)Nc3ccc(F)c(C(F)F)c3)c3n2CCC3)CC1. The van der Waals surface area contributed by atoms with E-state index < -0.39 is 40.9 Å². The third-order valence-corrected chi connectivity index (χ3v) is 6.82. The van der Waals surface area contributed by atoms with E-state index in [9.17, 15) is 27.6 Å². The number of nitrogens with one attached hydrogen (secondary N) is 4. The van der Waals surface area contributed by atoms with Crippen LogP contribution >= 0.6 is 12.2 Å². The van der Waals surface area contributed by atoms with Crippen LogP contribution in [0.1, 0.15) is 63.4 Å². The molecule has 1 saturated carbocycles. The molecule has 2 aliphatic rings. The van der Waals surface area contributed by atoms with Gasteiger partial charge in [-0.2, -0.15) is 0 Å². The quantitative estimate of drug-likeness (QED) is 0.190. The van der Waals surface area contributed by atoms with Gasteiger partial charge in [0.15, 0.2) is 0 Å². The highest BCUT2D eigenvalue weighted by atomic mass is 32.1. The Kier molecular flexibility index (Phi) is 6.69. The first-order valence-corrected chi connectivity index (χ1v) is 11.5. The molecular formula is C23H24F3N5O3S. The molecule has 2 heterocycles. The van der Waals surface area contributed by atoms with Crippen LogP contribution in [0, 0.1) is 12.7 Å². The van der Waals surface area contributed by atoms with Gasteiger partial charge in [-0.1, -0.05) is 12.2 Å². The average Bonchev–Trinajstić information content (AvgIpc) is 3.34. The van der Waals surface area contributed by atoms with Crippen molar-refractivity contribution in [2.24, 2.45) is 0 Å². The molecule has 4 rings (SSSR count). The molecule has 1 aromatic carbocycles. The highest BCUT2D eigenvalue weighted by Gasteiger charge is 2.49. The minimum absolute atomic E-state index is 0.00381. The molecule has 1 fully saturated rings. The van der Waals surface area contributed by atoms with Crippen molar-refractivity contribution in [3.63, 3.8) is 0 Å². The van der Waals surface area contributed by atoms with E-state index in [-0.39, 0.29) is 16.9 Å². The first-order chi connectivity index (χ1) is 16.6. The molecule has 0 spiro atoms. The third-order valence-electron chi connectivity index (χ3n) is 6.32. The molecule has 2 amide bonds. The molecule has 186 valence electrons. The van der Waals surface area contributed by atoms with Gasteiger partial charge in [-0.3, -0.25) is 14.4 Å². The summed E-state index contributed by atoms with van der Waals surface area (Å²) in [6.45, 7) is 2.02. The lowest BCUT2D eigenvalue weighted by Gasteiger charge is -2.19. The number of anilines is 1. The van der Waals surface area contributed by atoms with Gasteiger partial charge in [0.05, 0.1) is 22.4 Å². The number of alkyl halides is 2. The number of carbonyl (C=O) groups is 3. The second kappa shape index (κ2) is 9.42.